The van der Waals surface area contributed by atoms with Crippen molar-refractivity contribution in [3.05, 3.63) is 40.3 Å². The number of hydrogen-bond donors (Lipinski definition) is 0. The van der Waals surface area contributed by atoms with E-state index < -0.39 is 0 Å². The van der Waals surface area contributed by atoms with Gasteiger partial charge in [0.15, 0.2) is 5.76 Å². The summed E-state index contributed by atoms with van der Waals surface area (Å²) < 4.78 is 5.37. The standard InChI is InChI=1S/C10H6Cl3NO/c11-4-10-14-5-9(15-10)7-3-6(12)1-2-8(7)13/h1-3,5H,4H2. The van der Waals surface area contributed by atoms with E-state index in [0.29, 0.717) is 27.3 Å². The Balaban J connectivity index is 2.48. The van der Waals surface area contributed by atoms with Gasteiger partial charge in [-0.25, -0.2) is 4.98 Å². The second kappa shape index (κ2) is 4.44. The van der Waals surface area contributed by atoms with Crippen LogP contribution in [0.3, 0.4) is 0 Å². The summed E-state index contributed by atoms with van der Waals surface area (Å²) in [4.78, 5) is 3.98. The van der Waals surface area contributed by atoms with Crippen LogP contribution < -0.4 is 0 Å². The topological polar surface area (TPSA) is 26.0 Å². The third kappa shape index (κ3) is 2.28. The summed E-state index contributed by atoms with van der Waals surface area (Å²) >= 11 is 17.4. The first kappa shape index (κ1) is 10.8. The third-order valence-electron chi connectivity index (χ3n) is 1.86. The lowest BCUT2D eigenvalue weighted by Gasteiger charge is -2.00. The summed E-state index contributed by atoms with van der Waals surface area (Å²) in [6, 6.07) is 5.15. The highest BCUT2D eigenvalue weighted by atomic mass is 35.5. The van der Waals surface area contributed by atoms with Gasteiger partial charge in [-0.05, 0) is 18.2 Å². The molecule has 1 heterocycles. The van der Waals surface area contributed by atoms with E-state index in [0.717, 1.165) is 0 Å². The molecular formula is C10H6Cl3NO. The highest BCUT2D eigenvalue weighted by Crippen LogP contribution is 2.31. The molecule has 0 unspecified atom stereocenters. The minimum absolute atomic E-state index is 0.234. The van der Waals surface area contributed by atoms with E-state index in [1.807, 2.05) is 0 Å². The monoisotopic (exact) mass is 261 g/mol. The zero-order chi connectivity index (χ0) is 10.8. The van der Waals surface area contributed by atoms with Gasteiger partial charge in [-0.15, -0.1) is 11.6 Å². The van der Waals surface area contributed by atoms with Gasteiger partial charge in [0.1, 0.15) is 0 Å². The van der Waals surface area contributed by atoms with E-state index in [1.165, 1.54) is 0 Å². The smallest absolute Gasteiger partial charge is 0.209 e. The molecule has 15 heavy (non-hydrogen) atoms. The van der Waals surface area contributed by atoms with Crippen LogP contribution in [-0.4, -0.2) is 4.98 Å². The molecule has 0 spiro atoms. The van der Waals surface area contributed by atoms with Crippen LogP contribution >= 0.6 is 34.8 Å². The Kier molecular flexibility index (Phi) is 3.19. The fraction of sp³-hybridized carbons (Fsp3) is 0.100. The summed E-state index contributed by atoms with van der Waals surface area (Å²) in [6.45, 7) is 0. The Bertz CT molecular complexity index is 481. The Labute approximate surface area is 102 Å². The van der Waals surface area contributed by atoms with Gasteiger partial charge in [-0.1, -0.05) is 23.2 Å². The van der Waals surface area contributed by atoms with Gasteiger partial charge in [0.2, 0.25) is 5.89 Å². The zero-order valence-corrected chi connectivity index (χ0v) is 9.77. The van der Waals surface area contributed by atoms with Crippen LogP contribution in [0, 0.1) is 0 Å². The largest absolute Gasteiger partial charge is 0.439 e. The first-order valence-corrected chi connectivity index (χ1v) is 5.46. The molecule has 0 aliphatic carbocycles. The minimum Gasteiger partial charge on any atom is -0.439 e. The first-order valence-electron chi connectivity index (χ1n) is 4.17. The number of oxazole rings is 1. The average molecular weight is 263 g/mol. The second-order valence-corrected chi connectivity index (χ2v) is 3.99. The van der Waals surface area contributed by atoms with Crippen molar-refractivity contribution in [2.45, 2.75) is 5.88 Å². The predicted octanol–water partition coefficient (Wildman–Crippen LogP) is 4.39. The van der Waals surface area contributed by atoms with Gasteiger partial charge in [0, 0.05) is 10.6 Å². The number of halogens is 3. The molecule has 0 aliphatic rings. The zero-order valence-electron chi connectivity index (χ0n) is 7.51. The van der Waals surface area contributed by atoms with Gasteiger partial charge in [-0.2, -0.15) is 0 Å². The van der Waals surface area contributed by atoms with Crippen molar-refractivity contribution in [1.82, 2.24) is 4.98 Å². The molecule has 2 aromatic rings. The van der Waals surface area contributed by atoms with E-state index >= 15 is 0 Å². The Morgan fingerprint density at radius 1 is 1.27 bits per heavy atom. The lowest BCUT2D eigenvalue weighted by Crippen LogP contribution is -1.76. The molecule has 0 saturated heterocycles. The van der Waals surface area contributed by atoms with Crippen molar-refractivity contribution in [1.29, 1.82) is 0 Å². The van der Waals surface area contributed by atoms with Crippen molar-refractivity contribution in [3.8, 4) is 11.3 Å². The van der Waals surface area contributed by atoms with E-state index in [9.17, 15) is 0 Å². The number of nitrogens with zero attached hydrogens (tertiary/aromatic N) is 1. The van der Waals surface area contributed by atoms with Crippen LogP contribution in [-0.2, 0) is 5.88 Å². The molecule has 0 saturated carbocycles. The number of hydrogen-bond acceptors (Lipinski definition) is 2. The maximum absolute atomic E-state index is 6.00. The van der Waals surface area contributed by atoms with Crippen LogP contribution in [0.5, 0.6) is 0 Å². The molecule has 78 valence electrons. The maximum atomic E-state index is 6.00. The highest BCUT2D eigenvalue weighted by molar-refractivity contribution is 6.35. The van der Waals surface area contributed by atoms with Crippen LogP contribution in [0.15, 0.2) is 28.8 Å². The van der Waals surface area contributed by atoms with Crippen LogP contribution in [0.4, 0.5) is 0 Å². The summed E-state index contributed by atoms with van der Waals surface area (Å²) in [5.41, 5.74) is 0.716. The molecule has 0 fully saturated rings. The maximum Gasteiger partial charge on any atom is 0.209 e. The van der Waals surface area contributed by atoms with E-state index in [2.05, 4.69) is 4.98 Å². The minimum atomic E-state index is 0.234. The molecule has 1 aromatic heterocycles. The fourth-order valence-corrected chi connectivity index (χ4v) is 1.69. The summed E-state index contributed by atoms with van der Waals surface area (Å²) in [7, 11) is 0. The van der Waals surface area contributed by atoms with Crippen molar-refractivity contribution in [2.75, 3.05) is 0 Å². The molecule has 0 amide bonds. The van der Waals surface area contributed by atoms with E-state index in [-0.39, 0.29) is 5.88 Å². The average Bonchev–Trinajstić information content (AvgIpc) is 2.70. The lowest BCUT2D eigenvalue weighted by atomic mass is 10.2. The van der Waals surface area contributed by atoms with Crippen LogP contribution in [0.2, 0.25) is 10.0 Å². The molecule has 0 radical (unpaired) electrons. The van der Waals surface area contributed by atoms with E-state index in [4.69, 9.17) is 39.2 Å². The number of alkyl halides is 1. The fourth-order valence-electron chi connectivity index (χ4n) is 1.18. The molecule has 0 bridgehead atoms. The number of benzene rings is 1. The molecule has 5 heteroatoms. The summed E-state index contributed by atoms with van der Waals surface area (Å²) in [5, 5.41) is 1.16. The highest BCUT2D eigenvalue weighted by Gasteiger charge is 2.09. The van der Waals surface area contributed by atoms with Gasteiger partial charge < -0.3 is 4.42 Å². The Morgan fingerprint density at radius 2 is 2.07 bits per heavy atom. The van der Waals surface area contributed by atoms with Crippen molar-refractivity contribution < 1.29 is 4.42 Å². The molecule has 1 aromatic carbocycles. The quantitative estimate of drug-likeness (QED) is 0.750. The number of rotatable bonds is 2. The molecular weight excluding hydrogens is 256 g/mol. The van der Waals surface area contributed by atoms with Crippen molar-refractivity contribution in [2.24, 2.45) is 0 Å². The lowest BCUT2D eigenvalue weighted by molar-refractivity contribution is 0.529. The summed E-state index contributed by atoms with van der Waals surface area (Å²) in [5.74, 6) is 1.26. The van der Waals surface area contributed by atoms with Crippen molar-refractivity contribution >= 4 is 34.8 Å². The van der Waals surface area contributed by atoms with Gasteiger partial charge in [0.05, 0.1) is 17.1 Å². The van der Waals surface area contributed by atoms with Crippen LogP contribution in [0.1, 0.15) is 5.89 Å². The second-order valence-electron chi connectivity index (χ2n) is 2.88. The predicted molar refractivity (Wildman–Crippen MR) is 61.5 cm³/mol. The SMILES string of the molecule is ClCc1ncc(-c2cc(Cl)ccc2Cl)o1. The van der Waals surface area contributed by atoms with Crippen LogP contribution in [0.25, 0.3) is 11.3 Å². The normalized spacial score (nSPS) is 10.6. The Morgan fingerprint density at radius 3 is 2.73 bits per heavy atom. The Hall–Kier alpha value is -0.700. The third-order valence-corrected chi connectivity index (χ3v) is 2.66. The van der Waals surface area contributed by atoms with Gasteiger partial charge in [0.25, 0.3) is 0 Å². The van der Waals surface area contributed by atoms with Crippen molar-refractivity contribution in [3.63, 3.8) is 0 Å². The molecule has 2 nitrogen and oxygen atoms in total. The van der Waals surface area contributed by atoms with Gasteiger partial charge >= 0.3 is 0 Å². The molecule has 0 N–H and O–H groups in total. The van der Waals surface area contributed by atoms with Gasteiger partial charge in [-0.3, -0.25) is 0 Å². The summed E-state index contributed by atoms with van der Waals surface area (Å²) in [6.07, 6.45) is 1.58. The van der Waals surface area contributed by atoms with E-state index in [1.54, 1.807) is 24.4 Å². The first-order chi connectivity index (χ1) is 7.20. The number of aromatic nitrogens is 1. The molecule has 0 aliphatic heterocycles. The molecule has 2 rings (SSSR count). The molecule has 0 atom stereocenters.